The second-order valence-electron chi connectivity index (χ2n) is 8.82. The van der Waals surface area contributed by atoms with Crippen LogP contribution in [0.2, 0.25) is 0 Å². The summed E-state index contributed by atoms with van der Waals surface area (Å²) in [6.45, 7) is 10.9. The van der Waals surface area contributed by atoms with E-state index in [0.29, 0.717) is 33.1 Å². The van der Waals surface area contributed by atoms with E-state index in [2.05, 4.69) is 46.5 Å². The van der Waals surface area contributed by atoms with Gasteiger partial charge in [-0.2, -0.15) is 15.0 Å². The Morgan fingerprint density at radius 1 is 1.40 bits per heavy atom. The van der Waals surface area contributed by atoms with E-state index in [4.69, 9.17) is 11.8 Å². The van der Waals surface area contributed by atoms with Crippen LogP contribution >= 0.6 is 11.3 Å². The number of azo groups is 1. The molecule has 1 amide bonds. The van der Waals surface area contributed by atoms with Crippen molar-refractivity contribution >= 4 is 49.4 Å². The maximum atomic E-state index is 11.9. The number of aromatic nitrogens is 4. The van der Waals surface area contributed by atoms with Gasteiger partial charge in [-0.1, -0.05) is 31.2 Å². The van der Waals surface area contributed by atoms with E-state index in [0.717, 1.165) is 11.3 Å². The maximum absolute atomic E-state index is 11.9. The number of hydrogen-bond acceptors (Lipinski definition) is 12. The van der Waals surface area contributed by atoms with Gasteiger partial charge in [0.05, 0.1) is 27.3 Å². The fraction of sp³-hybridized carbons (Fsp3) is 0.292. The van der Waals surface area contributed by atoms with Crippen molar-refractivity contribution in [1.29, 1.82) is 5.26 Å². The first-order valence-corrected chi connectivity index (χ1v) is 14.3. The number of H-pyrrole nitrogens is 1. The van der Waals surface area contributed by atoms with Crippen molar-refractivity contribution in [2.75, 3.05) is 12.3 Å². The van der Waals surface area contributed by atoms with Crippen molar-refractivity contribution in [1.82, 2.24) is 25.1 Å². The average Bonchev–Trinajstić information content (AvgIpc) is 3.60. The van der Waals surface area contributed by atoms with Crippen LogP contribution in [0.4, 0.5) is 16.4 Å². The number of carbonyl (C=O) groups excluding carboxylic acids is 1. The van der Waals surface area contributed by atoms with Crippen LogP contribution in [0.25, 0.3) is 21.7 Å². The Bertz CT molecular complexity index is 1830. The molecule has 212 valence electrons. The van der Waals surface area contributed by atoms with Crippen LogP contribution in [0.15, 0.2) is 34.5 Å². The third-order valence-electron chi connectivity index (χ3n) is 5.97. The zero-order chi connectivity index (χ0) is 29.7. The van der Waals surface area contributed by atoms with Gasteiger partial charge in [0, 0.05) is 30.2 Å². The van der Waals surface area contributed by atoms with Crippen LogP contribution in [0.1, 0.15) is 41.1 Å². The molecular weight excluding hydrogens is 614 g/mol. The minimum absolute atomic E-state index is 0. The van der Waals surface area contributed by atoms with E-state index in [1.165, 1.54) is 4.63 Å². The van der Waals surface area contributed by atoms with Gasteiger partial charge in [0.1, 0.15) is 17.7 Å². The summed E-state index contributed by atoms with van der Waals surface area (Å²) >= 11 is 1.04. The van der Waals surface area contributed by atoms with Gasteiger partial charge in [0.25, 0.3) is 0 Å². The van der Waals surface area contributed by atoms with Gasteiger partial charge >= 0.3 is 51.4 Å². The van der Waals surface area contributed by atoms with Gasteiger partial charge in [-0.3, -0.25) is 15.2 Å². The molecule has 0 saturated heterocycles. The molecule has 18 heteroatoms. The van der Waals surface area contributed by atoms with Crippen molar-refractivity contribution < 1.29 is 79.3 Å². The Balaban J connectivity index is 0.00000484. The van der Waals surface area contributed by atoms with Crippen LogP contribution < -0.4 is 56.7 Å². The van der Waals surface area contributed by atoms with E-state index in [9.17, 15) is 23.0 Å². The Labute approximate surface area is 286 Å². The molecule has 4 aromatic rings. The third-order valence-corrected chi connectivity index (χ3v) is 7.75. The average molecular weight is 636 g/mol. The largest absolute Gasteiger partial charge is 1.00 e. The summed E-state index contributed by atoms with van der Waals surface area (Å²) in [5, 5.41) is 37.5. The van der Waals surface area contributed by atoms with Crippen molar-refractivity contribution in [3.8, 4) is 17.3 Å². The number of benzene rings is 1. The maximum Gasteiger partial charge on any atom is 1.00 e. The second-order valence-corrected chi connectivity index (χ2v) is 11.3. The minimum Gasteiger partial charge on any atom is -0.748 e. The van der Waals surface area contributed by atoms with E-state index in [1.807, 2.05) is 0 Å². The molecule has 1 atom stereocenters. The van der Waals surface area contributed by atoms with Crippen LogP contribution in [-0.4, -0.2) is 56.2 Å². The minimum atomic E-state index is -4.51. The molecule has 0 radical (unpaired) electrons. The first-order valence-electron chi connectivity index (χ1n) is 11.9. The van der Waals surface area contributed by atoms with Gasteiger partial charge in [-0.05, 0) is 18.1 Å². The van der Waals surface area contributed by atoms with Gasteiger partial charge in [-0.15, -0.1) is 21.5 Å². The quantitative estimate of drug-likeness (QED) is 0.0536. The summed E-state index contributed by atoms with van der Waals surface area (Å²) in [5.74, 6) is -1.48. The summed E-state index contributed by atoms with van der Waals surface area (Å²) in [5.41, 5.74) is 2.93. The predicted molar refractivity (Wildman–Crippen MR) is 145 cm³/mol. The molecule has 3 N–H and O–H groups in total. The summed E-state index contributed by atoms with van der Waals surface area (Å²) in [6.07, 6.45) is -0.455. The molecule has 0 bridgehead atoms. The van der Waals surface area contributed by atoms with Crippen molar-refractivity contribution in [3.63, 3.8) is 0 Å². The molecule has 1 aromatic carbocycles. The number of nitrogens with one attached hydrogen (secondary N) is 2. The number of fused-ring (bicyclic) bond motifs is 1. The first kappa shape index (κ1) is 33.6. The van der Waals surface area contributed by atoms with Gasteiger partial charge in [0.15, 0.2) is 11.5 Å². The molecule has 42 heavy (non-hydrogen) atoms. The number of carbonyl (C=O) groups is 1. The van der Waals surface area contributed by atoms with Crippen molar-refractivity contribution in [3.05, 3.63) is 57.5 Å². The van der Waals surface area contributed by atoms with Gasteiger partial charge in [0.2, 0.25) is 17.2 Å². The monoisotopic (exact) mass is 635 g/mol. The van der Waals surface area contributed by atoms with Crippen LogP contribution in [0.3, 0.4) is 0 Å². The number of thiophene rings is 1. The Kier molecular flexibility index (Phi) is 11.6. The van der Waals surface area contributed by atoms with Crippen molar-refractivity contribution in [2.45, 2.75) is 32.8 Å². The number of nitrogens with zero attached hydrogens (tertiary/aromatic N) is 7. The van der Waals surface area contributed by atoms with Gasteiger partial charge < -0.3 is 9.87 Å². The number of aromatic amines is 1. The SMILES string of the molecule is [C-]#[N+]c1c(N=Nc2c(-c3ccccc3COO)[nH]n3nc(C(C)CNC(=O)CCS(=O)(=O)[O-])nc23)sc(C#N)c1C.[K+]. The molecule has 0 fully saturated rings. The normalized spacial score (nSPS) is 12.1. The number of nitriles is 1. The number of amides is 1. The van der Waals surface area contributed by atoms with Crippen LogP contribution in [0.5, 0.6) is 0 Å². The smallest absolute Gasteiger partial charge is 0.748 e. The van der Waals surface area contributed by atoms with E-state index in [-0.39, 0.29) is 86.6 Å². The molecule has 1 unspecified atom stereocenters. The molecule has 0 spiro atoms. The number of rotatable bonds is 11. The van der Waals surface area contributed by atoms with E-state index < -0.39 is 34.1 Å². The van der Waals surface area contributed by atoms with Crippen molar-refractivity contribution in [2.24, 2.45) is 10.2 Å². The number of hydrogen-bond donors (Lipinski definition) is 3. The molecule has 4 rings (SSSR count). The summed E-state index contributed by atoms with van der Waals surface area (Å²) in [6, 6.07) is 9.12. The van der Waals surface area contributed by atoms with Crippen LogP contribution in [0, 0.1) is 24.8 Å². The zero-order valence-electron chi connectivity index (χ0n) is 22.7. The molecule has 0 aliphatic rings. The molecule has 15 nitrogen and oxygen atoms in total. The molecular formula is C24H22KN9O6S2. The topological polar surface area (TPSA) is 215 Å². The Morgan fingerprint density at radius 2 is 2.14 bits per heavy atom. The fourth-order valence-electron chi connectivity index (χ4n) is 3.84. The fourth-order valence-corrected chi connectivity index (χ4v) is 5.14. The van der Waals surface area contributed by atoms with Crippen LogP contribution in [-0.2, 0) is 26.4 Å². The zero-order valence-corrected chi connectivity index (χ0v) is 27.4. The standard InChI is InChI=1S/C24H23N9O6S2.K/c1-13(11-27-18(34)8-9-41(36,37)38)22-28-23-21(29-30-24-19(26-3)14(2)17(10-25)40-24)20(31-33(23)32-22)16-7-5-4-6-15(16)12-39-35;/h4-7,13,31,35H,8-9,11-12H2,1-2H3,(H,27,34)(H,36,37,38);/q;+1/p-1. The second kappa shape index (κ2) is 14.5. The molecule has 3 heterocycles. The predicted octanol–water partition coefficient (Wildman–Crippen LogP) is 1.08. The Hall–Kier alpha value is -2.88. The Morgan fingerprint density at radius 3 is 2.81 bits per heavy atom. The molecule has 3 aromatic heterocycles. The summed E-state index contributed by atoms with van der Waals surface area (Å²) in [7, 11) is -4.51. The first-order chi connectivity index (χ1) is 19.6. The summed E-state index contributed by atoms with van der Waals surface area (Å²) < 4.78 is 33.7. The summed E-state index contributed by atoms with van der Waals surface area (Å²) in [4.78, 5) is 24.7. The molecule has 0 aliphatic heterocycles. The van der Waals surface area contributed by atoms with E-state index >= 15 is 0 Å². The van der Waals surface area contributed by atoms with Gasteiger partial charge in [-0.25, -0.2) is 23.1 Å². The van der Waals surface area contributed by atoms with E-state index in [1.54, 1.807) is 38.1 Å². The molecule has 0 saturated carbocycles. The molecule has 0 aliphatic carbocycles. The third kappa shape index (κ3) is 7.73.